The molecule has 0 radical (unpaired) electrons. The summed E-state index contributed by atoms with van der Waals surface area (Å²) in [4.78, 5) is 15.3. The Balaban J connectivity index is 2.20. The number of carbonyl (C=O) groups is 1. The minimum Gasteiger partial charge on any atom is -0.331 e. The number of rotatable bonds is 0. The van der Waals surface area contributed by atoms with Crippen molar-refractivity contribution in [3.05, 3.63) is 34.3 Å². The van der Waals surface area contributed by atoms with Crippen molar-refractivity contribution >= 4 is 17.6 Å². The third-order valence-corrected chi connectivity index (χ3v) is 3.07. The SMILES string of the molecule is CN(C)C(=O)N1CCc2ccc(Cl)cc2C1. The van der Waals surface area contributed by atoms with E-state index in [1.54, 1.807) is 19.0 Å². The molecule has 0 bridgehead atoms. The topological polar surface area (TPSA) is 23.6 Å². The summed E-state index contributed by atoms with van der Waals surface area (Å²) in [5.41, 5.74) is 2.46. The number of fused-ring (bicyclic) bond motifs is 1. The van der Waals surface area contributed by atoms with Gasteiger partial charge in [0.05, 0.1) is 0 Å². The Hall–Kier alpha value is -1.22. The molecule has 0 spiro atoms. The van der Waals surface area contributed by atoms with Crippen LogP contribution in [0.2, 0.25) is 5.02 Å². The van der Waals surface area contributed by atoms with Crippen LogP contribution in [0.3, 0.4) is 0 Å². The lowest BCUT2D eigenvalue weighted by molar-refractivity contribution is 0.165. The van der Waals surface area contributed by atoms with E-state index in [9.17, 15) is 4.79 Å². The molecular weight excluding hydrogens is 224 g/mol. The Bertz CT molecular complexity index is 417. The number of benzene rings is 1. The average molecular weight is 239 g/mol. The maximum atomic E-state index is 11.8. The molecule has 1 aromatic carbocycles. The summed E-state index contributed by atoms with van der Waals surface area (Å²) >= 11 is 5.95. The van der Waals surface area contributed by atoms with Gasteiger partial charge in [-0.2, -0.15) is 0 Å². The molecule has 0 fully saturated rings. The van der Waals surface area contributed by atoms with Crippen LogP contribution in [0.25, 0.3) is 0 Å². The molecular formula is C12H15ClN2O. The first-order valence-corrected chi connectivity index (χ1v) is 5.69. The van der Waals surface area contributed by atoms with E-state index in [2.05, 4.69) is 6.07 Å². The summed E-state index contributed by atoms with van der Waals surface area (Å²) in [6.45, 7) is 1.44. The first kappa shape index (κ1) is 11.3. The zero-order valence-electron chi connectivity index (χ0n) is 9.53. The normalized spacial score (nSPS) is 14.6. The highest BCUT2D eigenvalue weighted by atomic mass is 35.5. The van der Waals surface area contributed by atoms with Gasteiger partial charge in [-0.25, -0.2) is 4.79 Å². The molecule has 2 amide bonds. The molecule has 1 aliphatic rings. The van der Waals surface area contributed by atoms with Crippen LogP contribution >= 0.6 is 11.6 Å². The van der Waals surface area contributed by atoms with Gasteiger partial charge in [-0.05, 0) is 29.7 Å². The van der Waals surface area contributed by atoms with Gasteiger partial charge < -0.3 is 9.80 Å². The minimum atomic E-state index is 0.0608. The van der Waals surface area contributed by atoms with Crippen LogP contribution < -0.4 is 0 Å². The zero-order chi connectivity index (χ0) is 11.7. The van der Waals surface area contributed by atoms with Crippen molar-refractivity contribution in [1.29, 1.82) is 0 Å². The summed E-state index contributed by atoms with van der Waals surface area (Å²) in [6, 6.07) is 5.97. The fourth-order valence-corrected chi connectivity index (χ4v) is 2.17. The van der Waals surface area contributed by atoms with E-state index < -0.39 is 0 Å². The Morgan fingerprint density at radius 2 is 2.12 bits per heavy atom. The van der Waals surface area contributed by atoms with Crippen molar-refractivity contribution in [2.45, 2.75) is 13.0 Å². The van der Waals surface area contributed by atoms with Crippen molar-refractivity contribution in [3.63, 3.8) is 0 Å². The predicted octanol–water partition coefficient (Wildman–Crippen LogP) is 2.38. The molecule has 1 aliphatic heterocycles. The molecule has 2 rings (SSSR count). The van der Waals surface area contributed by atoms with Crippen molar-refractivity contribution in [2.24, 2.45) is 0 Å². The van der Waals surface area contributed by atoms with E-state index in [0.717, 1.165) is 23.6 Å². The highest BCUT2D eigenvalue weighted by molar-refractivity contribution is 6.30. The van der Waals surface area contributed by atoms with Crippen molar-refractivity contribution < 1.29 is 4.79 Å². The second-order valence-electron chi connectivity index (χ2n) is 4.26. The lowest BCUT2D eigenvalue weighted by Gasteiger charge is -2.31. The number of nitrogens with zero attached hydrogens (tertiary/aromatic N) is 2. The molecule has 4 heteroatoms. The number of carbonyl (C=O) groups excluding carboxylic acids is 1. The summed E-state index contributed by atoms with van der Waals surface area (Å²) in [6.07, 6.45) is 0.909. The quantitative estimate of drug-likeness (QED) is 0.681. The fourth-order valence-electron chi connectivity index (χ4n) is 1.97. The Kier molecular flexibility index (Phi) is 3.06. The highest BCUT2D eigenvalue weighted by Gasteiger charge is 2.21. The molecule has 0 saturated heterocycles. The van der Waals surface area contributed by atoms with E-state index in [4.69, 9.17) is 11.6 Å². The molecule has 0 unspecified atom stereocenters. The van der Waals surface area contributed by atoms with Gasteiger partial charge in [0.2, 0.25) is 0 Å². The van der Waals surface area contributed by atoms with Crippen LogP contribution in [0, 0.1) is 0 Å². The largest absolute Gasteiger partial charge is 0.331 e. The standard InChI is InChI=1S/C12H15ClN2O/c1-14(2)12(16)15-6-5-9-3-4-11(13)7-10(9)8-15/h3-4,7H,5-6,8H2,1-2H3. The monoisotopic (exact) mass is 238 g/mol. The third kappa shape index (κ3) is 2.14. The average Bonchev–Trinajstić information content (AvgIpc) is 2.26. The van der Waals surface area contributed by atoms with E-state index in [1.165, 1.54) is 5.56 Å². The van der Waals surface area contributed by atoms with Crippen molar-refractivity contribution in [1.82, 2.24) is 9.80 Å². The summed E-state index contributed by atoms with van der Waals surface area (Å²) in [7, 11) is 3.55. The van der Waals surface area contributed by atoms with Crippen LogP contribution in [-0.4, -0.2) is 36.5 Å². The second-order valence-corrected chi connectivity index (χ2v) is 4.70. The number of urea groups is 1. The molecule has 0 N–H and O–H groups in total. The molecule has 0 saturated carbocycles. The Morgan fingerprint density at radius 3 is 2.81 bits per heavy atom. The van der Waals surface area contributed by atoms with Crippen molar-refractivity contribution in [3.8, 4) is 0 Å². The highest BCUT2D eigenvalue weighted by Crippen LogP contribution is 2.22. The number of hydrogen-bond acceptors (Lipinski definition) is 1. The molecule has 1 heterocycles. The van der Waals surface area contributed by atoms with Crippen LogP contribution in [0.4, 0.5) is 4.79 Å². The van der Waals surface area contributed by atoms with Crippen LogP contribution in [0.5, 0.6) is 0 Å². The zero-order valence-corrected chi connectivity index (χ0v) is 10.3. The minimum absolute atomic E-state index is 0.0608. The number of hydrogen-bond donors (Lipinski definition) is 0. The lowest BCUT2D eigenvalue weighted by Crippen LogP contribution is -2.42. The van der Waals surface area contributed by atoms with Gasteiger partial charge in [0.25, 0.3) is 0 Å². The molecule has 0 atom stereocenters. The molecule has 0 aliphatic carbocycles. The molecule has 0 aromatic heterocycles. The molecule has 16 heavy (non-hydrogen) atoms. The van der Waals surface area contributed by atoms with E-state index in [-0.39, 0.29) is 6.03 Å². The van der Waals surface area contributed by atoms with Gasteiger partial charge in [-0.3, -0.25) is 0 Å². The molecule has 86 valence electrons. The van der Waals surface area contributed by atoms with E-state index in [1.807, 2.05) is 17.0 Å². The smallest absolute Gasteiger partial charge is 0.319 e. The van der Waals surface area contributed by atoms with Crippen LogP contribution in [-0.2, 0) is 13.0 Å². The molecule has 1 aromatic rings. The van der Waals surface area contributed by atoms with Gasteiger partial charge in [0.1, 0.15) is 0 Å². The first-order valence-electron chi connectivity index (χ1n) is 5.31. The van der Waals surface area contributed by atoms with Gasteiger partial charge in [0, 0.05) is 32.2 Å². The van der Waals surface area contributed by atoms with Gasteiger partial charge in [-0.15, -0.1) is 0 Å². The number of halogens is 1. The molecule has 3 nitrogen and oxygen atoms in total. The van der Waals surface area contributed by atoms with Gasteiger partial charge in [0.15, 0.2) is 0 Å². The van der Waals surface area contributed by atoms with E-state index in [0.29, 0.717) is 6.54 Å². The van der Waals surface area contributed by atoms with Gasteiger partial charge >= 0.3 is 6.03 Å². The Morgan fingerprint density at radius 1 is 1.38 bits per heavy atom. The summed E-state index contributed by atoms with van der Waals surface area (Å²) in [5, 5.41) is 0.734. The lowest BCUT2D eigenvalue weighted by atomic mass is 10.0. The third-order valence-electron chi connectivity index (χ3n) is 2.83. The van der Waals surface area contributed by atoms with Crippen molar-refractivity contribution in [2.75, 3.05) is 20.6 Å². The maximum Gasteiger partial charge on any atom is 0.319 e. The van der Waals surface area contributed by atoms with Gasteiger partial charge in [-0.1, -0.05) is 17.7 Å². The fraction of sp³-hybridized carbons (Fsp3) is 0.417. The number of amides is 2. The maximum absolute atomic E-state index is 11.8. The summed E-state index contributed by atoms with van der Waals surface area (Å²) < 4.78 is 0. The first-order chi connectivity index (χ1) is 7.58. The summed E-state index contributed by atoms with van der Waals surface area (Å²) in [5.74, 6) is 0. The second kappa shape index (κ2) is 4.34. The van der Waals surface area contributed by atoms with Crippen LogP contribution in [0.15, 0.2) is 18.2 Å². The van der Waals surface area contributed by atoms with E-state index >= 15 is 0 Å². The predicted molar refractivity (Wildman–Crippen MR) is 64.6 cm³/mol. The Labute approximate surface area is 101 Å². The van der Waals surface area contributed by atoms with Crippen LogP contribution in [0.1, 0.15) is 11.1 Å².